The van der Waals surface area contributed by atoms with Crippen molar-refractivity contribution >= 4 is 11.5 Å². The number of nitrogens with zero attached hydrogens (tertiary/aromatic N) is 2. The Morgan fingerprint density at radius 1 is 0.742 bits per heavy atom. The second kappa shape index (κ2) is 8.23. The van der Waals surface area contributed by atoms with Crippen molar-refractivity contribution in [2.45, 2.75) is 26.4 Å². The number of fused-ring (bicyclic) bond motifs is 1. The van der Waals surface area contributed by atoms with Crippen LogP contribution in [0.2, 0.25) is 0 Å². The fourth-order valence-electron chi connectivity index (χ4n) is 4.61. The van der Waals surface area contributed by atoms with Crippen LogP contribution in [0, 0.1) is 13.8 Å². The first-order valence-electron chi connectivity index (χ1n) is 10.8. The van der Waals surface area contributed by atoms with Crippen LogP contribution in [0.4, 0.5) is 5.69 Å². The van der Waals surface area contributed by atoms with E-state index < -0.39 is 0 Å². The highest BCUT2D eigenvalue weighted by molar-refractivity contribution is 6.02. The fraction of sp³-hybridized carbons (Fsp3) is 0.138. The van der Waals surface area contributed by atoms with E-state index in [1.807, 2.05) is 0 Å². The molecule has 0 saturated carbocycles. The summed E-state index contributed by atoms with van der Waals surface area (Å²) in [7, 11) is 0. The van der Waals surface area contributed by atoms with Gasteiger partial charge in [-0.2, -0.15) is 0 Å². The van der Waals surface area contributed by atoms with Crippen LogP contribution in [0.15, 0.2) is 108 Å². The van der Waals surface area contributed by atoms with Crippen molar-refractivity contribution in [2.75, 3.05) is 0 Å². The standard InChI is InChI=1S/C29H26N2/c1-21-18-22(2)27-26(19-21)30-29(25-16-10-5-11-17-25)31(20-23-12-6-3-7-13-23)28(27)24-14-8-4-9-15-24/h3-19,28H,20H2,1-2H3. The van der Waals surface area contributed by atoms with Gasteiger partial charge in [0, 0.05) is 17.7 Å². The topological polar surface area (TPSA) is 15.6 Å². The molecule has 1 aliphatic rings. The van der Waals surface area contributed by atoms with Crippen molar-refractivity contribution in [3.63, 3.8) is 0 Å². The van der Waals surface area contributed by atoms with E-state index in [0.29, 0.717) is 0 Å². The minimum atomic E-state index is 0.102. The molecule has 0 radical (unpaired) electrons. The molecule has 5 rings (SSSR count). The highest BCUT2D eigenvalue weighted by Crippen LogP contribution is 2.43. The summed E-state index contributed by atoms with van der Waals surface area (Å²) in [6.45, 7) is 5.16. The molecule has 2 nitrogen and oxygen atoms in total. The van der Waals surface area contributed by atoms with Gasteiger partial charge in [0.15, 0.2) is 0 Å². The predicted molar refractivity (Wildman–Crippen MR) is 129 cm³/mol. The zero-order chi connectivity index (χ0) is 21.2. The molecule has 0 spiro atoms. The Morgan fingerprint density at radius 3 is 2.03 bits per heavy atom. The minimum Gasteiger partial charge on any atom is -0.341 e. The lowest BCUT2D eigenvalue weighted by atomic mass is 9.88. The first-order valence-corrected chi connectivity index (χ1v) is 10.8. The second-order valence-electron chi connectivity index (χ2n) is 8.24. The van der Waals surface area contributed by atoms with E-state index in [9.17, 15) is 0 Å². The molecule has 0 aliphatic carbocycles. The SMILES string of the molecule is Cc1cc(C)c2c(c1)N=C(c1ccccc1)N(Cc1ccccc1)C2c1ccccc1. The summed E-state index contributed by atoms with van der Waals surface area (Å²) in [6.07, 6.45) is 0. The summed E-state index contributed by atoms with van der Waals surface area (Å²) in [4.78, 5) is 7.70. The molecule has 1 heterocycles. The molecule has 0 N–H and O–H groups in total. The van der Waals surface area contributed by atoms with Gasteiger partial charge in [-0.1, -0.05) is 97.1 Å². The molecule has 4 aromatic rings. The van der Waals surface area contributed by atoms with E-state index in [4.69, 9.17) is 4.99 Å². The van der Waals surface area contributed by atoms with Gasteiger partial charge in [0.25, 0.3) is 0 Å². The lowest BCUT2D eigenvalue weighted by Crippen LogP contribution is -2.38. The van der Waals surface area contributed by atoms with Gasteiger partial charge < -0.3 is 4.90 Å². The Bertz CT molecular complexity index is 1210. The first-order chi connectivity index (χ1) is 15.2. The van der Waals surface area contributed by atoms with Crippen LogP contribution in [-0.2, 0) is 6.54 Å². The molecular weight excluding hydrogens is 376 g/mol. The molecule has 0 saturated heterocycles. The molecule has 31 heavy (non-hydrogen) atoms. The molecule has 0 amide bonds. The van der Waals surface area contributed by atoms with Gasteiger partial charge in [-0.3, -0.25) is 0 Å². The van der Waals surface area contributed by atoms with Crippen LogP contribution >= 0.6 is 0 Å². The lowest BCUT2D eigenvalue weighted by molar-refractivity contribution is 0.344. The van der Waals surface area contributed by atoms with Gasteiger partial charge in [-0.15, -0.1) is 0 Å². The maximum absolute atomic E-state index is 5.23. The van der Waals surface area contributed by atoms with Crippen LogP contribution in [0.1, 0.15) is 39.4 Å². The number of hydrogen-bond donors (Lipinski definition) is 0. The molecule has 1 unspecified atom stereocenters. The van der Waals surface area contributed by atoms with Gasteiger partial charge >= 0.3 is 0 Å². The van der Waals surface area contributed by atoms with Gasteiger partial charge in [0.2, 0.25) is 0 Å². The molecular formula is C29H26N2. The van der Waals surface area contributed by atoms with Crippen LogP contribution in [0.25, 0.3) is 0 Å². The van der Waals surface area contributed by atoms with Gasteiger partial charge in [-0.25, -0.2) is 4.99 Å². The van der Waals surface area contributed by atoms with E-state index in [1.54, 1.807) is 0 Å². The molecule has 4 aromatic carbocycles. The molecule has 2 heteroatoms. The number of amidine groups is 1. The Labute approximate surface area is 184 Å². The monoisotopic (exact) mass is 402 g/mol. The zero-order valence-corrected chi connectivity index (χ0v) is 18.0. The molecule has 0 bridgehead atoms. The highest BCUT2D eigenvalue weighted by Gasteiger charge is 2.33. The summed E-state index contributed by atoms with van der Waals surface area (Å²) in [5.41, 5.74) is 8.62. The van der Waals surface area contributed by atoms with E-state index in [2.05, 4.69) is 122 Å². The van der Waals surface area contributed by atoms with Crippen molar-refractivity contribution in [3.05, 3.63) is 137 Å². The van der Waals surface area contributed by atoms with Crippen molar-refractivity contribution in [1.29, 1.82) is 0 Å². The zero-order valence-electron chi connectivity index (χ0n) is 18.0. The third-order valence-electron chi connectivity index (χ3n) is 5.94. The quantitative estimate of drug-likeness (QED) is 0.359. The summed E-state index contributed by atoms with van der Waals surface area (Å²) in [5, 5.41) is 0. The lowest BCUT2D eigenvalue weighted by Gasteiger charge is -2.40. The Hall–Kier alpha value is -3.65. The maximum Gasteiger partial charge on any atom is 0.137 e. The maximum atomic E-state index is 5.23. The molecule has 0 aromatic heterocycles. The van der Waals surface area contributed by atoms with E-state index >= 15 is 0 Å². The third-order valence-corrected chi connectivity index (χ3v) is 5.94. The molecule has 152 valence electrons. The first kappa shape index (κ1) is 19.3. The van der Waals surface area contributed by atoms with Gasteiger partial charge in [0.1, 0.15) is 5.84 Å². The number of aryl methyl sites for hydroxylation is 2. The minimum absolute atomic E-state index is 0.102. The largest absolute Gasteiger partial charge is 0.341 e. The summed E-state index contributed by atoms with van der Waals surface area (Å²) >= 11 is 0. The summed E-state index contributed by atoms with van der Waals surface area (Å²) < 4.78 is 0. The highest BCUT2D eigenvalue weighted by atomic mass is 15.2. The molecule has 0 fully saturated rings. The van der Waals surface area contributed by atoms with Crippen molar-refractivity contribution in [3.8, 4) is 0 Å². The van der Waals surface area contributed by atoms with Gasteiger partial charge in [-0.05, 0) is 42.2 Å². The number of aliphatic imine (C=N–C) groups is 1. The van der Waals surface area contributed by atoms with E-state index in [1.165, 1.54) is 27.8 Å². The van der Waals surface area contributed by atoms with Crippen LogP contribution in [0.3, 0.4) is 0 Å². The number of benzene rings is 4. The summed E-state index contributed by atoms with van der Waals surface area (Å²) in [6, 6.07) is 36.7. The second-order valence-corrected chi connectivity index (χ2v) is 8.24. The van der Waals surface area contributed by atoms with Crippen LogP contribution < -0.4 is 0 Å². The summed E-state index contributed by atoms with van der Waals surface area (Å²) in [5.74, 6) is 1.02. The molecule has 1 atom stereocenters. The van der Waals surface area contributed by atoms with E-state index in [0.717, 1.165) is 23.6 Å². The van der Waals surface area contributed by atoms with Crippen molar-refractivity contribution in [2.24, 2.45) is 4.99 Å². The smallest absolute Gasteiger partial charge is 0.137 e. The number of hydrogen-bond acceptors (Lipinski definition) is 2. The molecule has 1 aliphatic heterocycles. The third kappa shape index (κ3) is 3.77. The fourth-order valence-corrected chi connectivity index (χ4v) is 4.61. The predicted octanol–water partition coefficient (Wildman–Crippen LogP) is 6.99. The average Bonchev–Trinajstić information content (AvgIpc) is 2.80. The normalized spacial score (nSPS) is 15.4. The van der Waals surface area contributed by atoms with Gasteiger partial charge in [0.05, 0.1) is 11.7 Å². The Balaban J connectivity index is 1.76. The van der Waals surface area contributed by atoms with E-state index in [-0.39, 0.29) is 6.04 Å². The van der Waals surface area contributed by atoms with Crippen molar-refractivity contribution < 1.29 is 0 Å². The average molecular weight is 403 g/mol. The van der Waals surface area contributed by atoms with Crippen LogP contribution in [0.5, 0.6) is 0 Å². The van der Waals surface area contributed by atoms with Crippen molar-refractivity contribution in [1.82, 2.24) is 4.90 Å². The van der Waals surface area contributed by atoms with Crippen LogP contribution in [-0.4, -0.2) is 10.7 Å². The number of rotatable bonds is 4. The Kier molecular flexibility index (Phi) is 5.13. The Morgan fingerprint density at radius 2 is 1.35 bits per heavy atom.